The lowest BCUT2D eigenvalue weighted by Gasteiger charge is -2.14. The summed E-state index contributed by atoms with van der Waals surface area (Å²) in [6.45, 7) is 0.642. The number of pyridine rings is 1. The van der Waals surface area contributed by atoms with Crippen LogP contribution < -0.4 is 14.8 Å². The minimum atomic E-state index is -0.0876. The van der Waals surface area contributed by atoms with Crippen molar-refractivity contribution in [2.45, 2.75) is 6.54 Å². The van der Waals surface area contributed by atoms with Crippen LogP contribution >= 0.6 is 41.5 Å². The molecule has 1 aromatic heterocycles. The Morgan fingerprint density at radius 3 is 2.39 bits per heavy atom. The predicted octanol–water partition coefficient (Wildman–Crippen LogP) is 8.64. The van der Waals surface area contributed by atoms with Crippen molar-refractivity contribution in [2.24, 2.45) is 0 Å². The van der Waals surface area contributed by atoms with Crippen LogP contribution in [0.2, 0.25) is 0 Å². The number of nitrogens with one attached hydrogen (secondary N) is 1. The Morgan fingerprint density at radius 1 is 0.763 bits per heavy atom. The molecule has 0 radical (unpaired) electrons. The van der Waals surface area contributed by atoms with E-state index < -0.39 is 0 Å². The van der Waals surface area contributed by atoms with E-state index in [1.165, 1.54) is 0 Å². The quantitative estimate of drug-likeness (QED) is 0.185. The van der Waals surface area contributed by atoms with Crippen LogP contribution in [0.15, 0.2) is 123 Å². The molecule has 6 rings (SSSR count). The van der Waals surface area contributed by atoms with E-state index in [0.29, 0.717) is 6.54 Å². The van der Waals surface area contributed by atoms with E-state index in [1.54, 1.807) is 0 Å². The van der Waals surface area contributed by atoms with Gasteiger partial charge in [-0.15, -0.1) is 0 Å². The van der Waals surface area contributed by atoms with Crippen LogP contribution in [0.3, 0.4) is 0 Å². The van der Waals surface area contributed by atoms with Gasteiger partial charge in [0.1, 0.15) is 23.0 Å². The Balaban J connectivity index is 1.19. The van der Waals surface area contributed by atoms with Crippen molar-refractivity contribution in [3.63, 3.8) is 0 Å². The molecule has 0 unspecified atom stereocenters. The Hall–Kier alpha value is -3.37. The first-order valence-corrected chi connectivity index (χ1v) is 17.1. The number of fused-ring (bicyclic) bond motifs is 1. The minimum Gasteiger partial charge on any atom is -0.457 e. The molecule has 0 saturated carbocycles. The van der Waals surface area contributed by atoms with Crippen molar-refractivity contribution in [1.82, 2.24) is 4.98 Å². The fourth-order valence-corrected chi connectivity index (χ4v) is 6.75. The second-order valence-electron chi connectivity index (χ2n) is 8.57. The molecule has 0 amide bonds. The zero-order valence-electron chi connectivity index (χ0n) is 20.4. The first-order chi connectivity index (χ1) is 18.8. The van der Waals surface area contributed by atoms with Gasteiger partial charge in [-0.2, -0.15) is 0 Å². The third-order valence-electron chi connectivity index (χ3n) is 5.86. The van der Waals surface area contributed by atoms with Gasteiger partial charge in [-0.05, 0) is 72.3 Å². The van der Waals surface area contributed by atoms with E-state index >= 15 is 0 Å². The zero-order valence-corrected chi connectivity index (χ0v) is 24.7. The highest BCUT2D eigenvalue weighted by molar-refractivity contribution is 14.2. The third kappa shape index (κ3) is 6.36. The Kier molecular flexibility index (Phi) is 7.87. The topological polar surface area (TPSA) is 43.4 Å². The number of rotatable bonds is 8. The molecule has 2 aliphatic heterocycles. The number of hydrogen-bond acceptors (Lipinski definition) is 4. The van der Waals surface area contributed by atoms with Gasteiger partial charge in [0.2, 0.25) is 0 Å². The highest BCUT2D eigenvalue weighted by Crippen LogP contribution is 2.29. The maximum Gasteiger partial charge on any atom is 0.133 e. The summed E-state index contributed by atoms with van der Waals surface area (Å²) in [7, 11) is 0. The molecular formula is C32H24I2N2O2. The maximum atomic E-state index is 6.20. The molecule has 4 aromatic rings. The van der Waals surface area contributed by atoms with Crippen LogP contribution in [0.4, 0.5) is 5.69 Å². The SMILES string of the molecule is C1=CC(Oc2cc(CNc3ccc(-c4ccc5ccccc5n4)cc3)cc(OC3=CC=IC=C3)c2)=CI=C1. The van der Waals surface area contributed by atoms with Crippen LogP contribution in [-0.2, 0) is 6.54 Å². The second kappa shape index (κ2) is 12.0. The Morgan fingerprint density at radius 2 is 1.61 bits per heavy atom. The van der Waals surface area contributed by atoms with Crippen molar-refractivity contribution in [1.29, 1.82) is 0 Å². The van der Waals surface area contributed by atoms with Crippen LogP contribution in [-0.4, -0.2) is 13.0 Å². The van der Waals surface area contributed by atoms with Crippen molar-refractivity contribution in [2.75, 3.05) is 5.32 Å². The fourth-order valence-electron chi connectivity index (χ4n) is 4.04. The summed E-state index contributed by atoms with van der Waals surface area (Å²) < 4.78 is 21.2. The van der Waals surface area contributed by atoms with Gasteiger partial charge in [0, 0.05) is 33.3 Å². The number of benzene rings is 3. The van der Waals surface area contributed by atoms with Crippen LogP contribution in [0, 0.1) is 0 Å². The lowest BCUT2D eigenvalue weighted by atomic mass is 10.1. The van der Waals surface area contributed by atoms with E-state index in [1.807, 2.05) is 30.3 Å². The average molecular weight is 722 g/mol. The number of para-hydroxylation sites is 1. The van der Waals surface area contributed by atoms with Gasteiger partial charge in [-0.3, -0.25) is 0 Å². The highest BCUT2D eigenvalue weighted by Gasteiger charge is 2.08. The molecule has 0 spiro atoms. The summed E-state index contributed by atoms with van der Waals surface area (Å²) in [5.41, 5.74) is 5.19. The number of ether oxygens (including phenoxy) is 2. The van der Waals surface area contributed by atoms with Gasteiger partial charge in [0.15, 0.2) is 0 Å². The molecule has 4 nitrogen and oxygen atoms in total. The number of allylic oxidation sites excluding steroid dienone is 4. The molecular weight excluding hydrogens is 698 g/mol. The maximum absolute atomic E-state index is 6.20. The summed E-state index contributed by atoms with van der Waals surface area (Å²) in [6, 6.07) is 26.9. The molecule has 38 heavy (non-hydrogen) atoms. The van der Waals surface area contributed by atoms with Crippen LogP contribution in [0.5, 0.6) is 11.5 Å². The number of aromatic nitrogens is 1. The van der Waals surface area contributed by atoms with Crippen LogP contribution in [0.1, 0.15) is 5.56 Å². The van der Waals surface area contributed by atoms with Crippen LogP contribution in [0.25, 0.3) is 22.2 Å². The Labute approximate surface area is 241 Å². The summed E-state index contributed by atoms with van der Waals surface area (Å²) in [4.78, 5) is 4.82. The van der Waals surface area contributed by atoms with Crippen molar-refractivity contribution in [3.05, 3.63) is 128 Å². The highest BCUT2D eigenvalue weighted by atomic mass is 127. The smallest absolute Gasteiger partial charge is 0.133 e. The van der Waals surface area contributed by atoms with Crippen molar-refractivity contribution < 1.29 is 9.47 Å². The van der Waals surface area contributed by atoms with E-state index in [-0.39, 0.29) is 41.5 Å². The summed E-state index contributed by atoms with van der Waals surface area (Å²) in [5, 5.41) is 4.69. The molecule has 0 fully saturated rings. The summed E-state index contributed by atoms with van der Waals surface area (Å²) in [6.07, 6.45) is 8.18. The monoisotopic (exact) mass is 722 g/mol. The molecule has 0 bridgehead atoms. The van der Waals surface area contributed by atoms with Gasteiger partial charge in [0.05, 0.1) is 11.2 Å². The molecule has 2 aliphatic rings. The van der Waals surface area contributed by atoms with Gasteiger partial charge in [-0.25, -0.2) is 4.98 Å². The Bertz CT molecular complexity index is 1610. The van der Waals surface area contributed by atoms with E-state index in [2.05, 4.69) is 94.3 Å². The van der Waals surface area contributed by atoms with Gasteiger partial charge in [-0.1, -0.05) is 83.9 Å². The van der Waals surface area contributed by atoms with Crippen molar-refractivity contribution >= 4 is 66.1 Å². The standard InChI is InChI=1S/C32H24I2N2O2/c1-2-6-31-24(4-1)9-12-32(36-31)25-7-10-26(11-8-25)35-22-23-18-29(37-27-13-16-33-17-14-27)20-30(19-23)38-28-5-3-15-34-21-28/h1-21,35H,22H2. The largest absolute Gasteiger partial charge is 0.457 e. The van der Waals surface area contributed by atoms with E-state index in [9.17, 15) is 0 Å². The van der Waals surface area contributed by atoms with Crippen molar-refractivity contribution in [3.8, 4) is 22.8 Å². The van der Waals surface area contributed by atoms with Gasteiger partial charge >= 0.3 is 0 Å². The molecule has 0 aliphatic carbocycles. The minimum absolute atomic E-state index is 0.0122. The lowest BCUT2D eigenvalue weighted by Crippen LogP contribution is -2.02. The first-order valence-electron chi connectivity index (χ1n) is 12.1. The molecule has 1 N–H and O–H groups in total. The lowest BCUT2D eigenvalue weighted by molar-refractivity contribution is 0.424. The first kappa shape index (κ1) is 24.9. The zero-order chi connectivity index (χ0) is 25.6. The number of anilines is 1. The van der Waals surface area contributed by atoms with E-state index in [0.717, 1.165) is 56.4 Å². The fraction of sp³-hybridized carbons (Fsp3) is 0.0312. The molecule has 6 heteroatoms. The molecule has 0 atom stereocenters. The second-order valence-corrected chi connectivity index (χ2v) is 12.8. The van der Waals surface area contributed by atoms with E-state index in [4.69, 9.17) is 14.5 Å². The molecule has 0 saturated heterocycles. The average Bonchev–Trinajstić information content (AvgIpc) is 2.97. The molecule has 3 aromatic carbocycles. The third-order valence-corrected chi connectivity index (χ3v) is 9.22. The normalized spacial score (nSPS) is 14.2. The summed E-state index contributed by atoms with van der Waals surface area (Å²) >= 11 is -0.0753. The van der Waals surface area contributed by atoms with Gasteiger partial charge in [0.25, 0.3) is 0 Å². The number of hydrogen-bond donors (Lipinski definition) is 1. The number of halogens is 2. The summed E-state index contributed by atoms with van der Waals surface area (Å²) in [5.74, 6) is 3.28. The predicted molar refractivity (Wildman–Crippen MR) is 177 cm³/mol. The molecule has 3 heterocycles. The molecule has 188 valence electrons. The number of nitrogens with zero attached hydrogens (tertiary/aromatic N) is 1. The van der Waals surface area contributed by atoms with Gasteiger partial charge < -0.3 is 14.8 Å².